The molecule has 0 spiro atoms. The number of carbonyl (C=O) groups excluding carboxylic acids is 2. The minimum atomic E-state index is -0.0665. The number of carbonyl (C=O) groups is 2. The molecule has 1 aliphatic rings. The van der Waals surface area contributed by atoms with Crippen molar-refractivity contribution in [2.24, 2.45) is 0 Å². The van der Waals surface area contributed by atoms with Gasteiger partial charge in [-0.1, -0.05) is 11.6 Å². The van der Waals surface area contributed by atoms with Gasteiger partial charge in [0.15, 0.2) is 5.78 Å². The number of Topliss-reactive ketones (excluding diaryl/α,β-unsaturated/α-hetero) is 1. The average Bonchev–Trinajstić information content (AvgIpc) is 2.72. The number of hydrogen-bond donors (Lipinski definition) is 1. The minimum Gasteiger partial charge on any atom is -0.494 e. The first-order valence-electron chi connectivity index (χ1n) is 10.2. The lowest BCUT2D eigenvalue weighted by atomic mass is 10.1. The normalized spacial score (nSPS) is 14.4. The molecule has 7 heteroatoms. The van der Waals surface area contributed by atoms with E-state index in [9.17, 15) is 9.59 Å². The summed E-state index contributed by atoms with van der Waals surface area (Å²) in [4.78, 5) is 28.3. The van der Waals surface area contributed by atoms with Crippen LogP contribution >= 0.6 is 11.6 Å². The van der Waals surface area contributed by atoms with Crippen LogP contribution in [-0.4, -0.2) is 56.4 Å². The molecule has 1 saturated heterocycles. The number of ketones is 1. The third kappa shape index (κ3) is 6.21. The number of benzene rings is 2. The Labute approximate surface area is 182 Å². The fraction of sp³-hybridized carbons (Fsp3) is 0.391. The lowest BCUT2D eigenvalue weighted by molar-refractivity contribution is -0.116. The highest BCUT2D eigenvalue weighted by Gasteiger charge is 2.18. The van der Waals surface area contributed by atoms with Crippen LogP contribution in [0.1, 0.15) is 30.1 Å². The molecule has 1 aliphatic heterocycles. The monoisotopic (exact) mass is 429 g/mol. The van der Waals surface area contributed by atoms with Crippen molar-refractivity contribution >= 4 is 34.7 Å². The summed E-state index contributed by atoms with van der Waals surface area (Å²) in [6.45, 7) is 5.76. The summed E-state index contributed by atoms with van der Waals surface area (Å²) in [5.74, 6) is 0.644. The summed E-state index contributed by atoms with van der Waals surface area (Å²) in [7, 11) is 2.11. The van der Waals surface area contributed by atoms with Crippen molar-refractivity contribution in [3.8, 4) is 5.75 Å². The Balaban J connectivity index is 1.49. The predicted molar refractivity (Wildman–Crippen MR) is 121 cm³/mol. The van der Waals surface area contributed by atoms with E-state index in [1.54, 1.807) is 30.3 Å². The van der Waals surface area contributed by atoms with Crippen LogP contribution in [0.4, 0.5) is 11.4 Å². The van der Waals surface area contributed by atoms with Crippen LogP contribution in [0.2, 0.25) is 5.02 Å². The van der Waals surface area contributed by atoms with Gasteiger partial charge in [-0.3, -0.25) is 9.59 Å². The number of piperazine rings is 1. The number of amides is 1. The van der Waals surface area contributed by atoms with E-state index in [0.29, 0.717) is 35.8 Å². The lowest BCUT2D eigenvalue weighted by Gasteiger charge is -2.35. The summed E-state index contributed by atoms with van der Waals surface area (Å²) in [6, 6.07) is 12.6. The van der Waals surface area contributed by atoms with Crippen molar-refractivity contribution < 1.29 is 14.3 Å². The highest BCUT2D eigenvalue weighted by molar-refractivity contribution is 6.31. The molecule has 6 nitrogen and oxygen atoms in total. The molecule has 0 radical (unpaired) electrons. The molecule has 3 rings (SSSR count). The van der Waals surface area contributed by atoms with Crippen molar-refractivity contribution in [1.29, 1.82) is 0 Å². The summed E-state index contributed by atoms with van der Waals surface area (Å²) in [5.41, 5.74) is 2.40. The smallest absolute Gasteiger partial charge is 0.224 e. The maximum Gasteiger partial charge on any atom is 0.224 e. The summed E-state index contributed by atoms with van der Waals surface area (Å²) >= 11 is 6.17. The Morgan fingerprint density at radius 3 is 2.43 bits per heavy atom. The lowest BCUT2D eigenvalue weighted by Crippen LogP contribution is -2.44. The molecule has 0 saturated carbocycles. The zero-order valence-corrected chi connectivity index (χ0v) is 18.2. The second-order valence-electron chi connectivity index (χ2n) is 7.53. The molecule has 1 heterocycles. The molecular weight excluding hydrogens is 402 g/mol. The number of hydrogen-bond acceptors (Lipinski definition) is 5. The molecule has 0 bridgehead atoms. The molecule has 0 unspecified atom stereocenters. The van der Waals surface area contributed by atoms with Crippen LogP contribution in [0.5, 0.6) is 5.75 Å². The largest absolute Gasteiger partial charge is 0.494 e. The van der Waals surface area contributed by atoms with Gasteiger partial charge < -0.3 is 19.9 Å². The van der Waals surface area contributed by atoms with Gasteiger partial charge in [0, 0.05) is 43.2 Å². The number of likely N-dealkylation sites (N-methyl/N-ethyl adjacent to an activating group) is 1. The van der Waals surface area contributed by atoms with E-state index in [4.69, 9.17) is 16.3 Å². The zero-order chi connectivity index (χ0) is 21.5. The molecule has 160 valence electrons. The van der Waals surface area contributed by atoms with Crippen molar-refractivity contribution in [2.75, 3.05) is 50.1 Å². The first-order chi connectivity index (χ1) is 14.4. The van der Waals surface area contributed by atoms with Crippen LogP contribution in [0.15, 0.2) is 42.5 Å². The number of anilines is 2. The fourth-order valence-corrected chi connectivity index (χ4v) is 3.52. The number of halogens is 1. The molecule has 1 fully saturated rings. The van der Waals surface area contributed by atoms with Crippen molar-refractivity contribution in [1.82, 2.24) is 4.90 Å². The number of rotatable bonds is 8. The Morgan fingerprint density at radius 1 is 1.07 bits per heavy atom. The Hall–Kier alpha value is -2.57. The van der Waals surface area contributed by atoms with Crippen LogP contribution in [-0.2, 0) is 4.79 Å². The Morgan fingerprint density at radius 2 is 1.77 bits per heavy atom. The second kappa shape index (κ2) is 10.5. The highest BCUT2D eigenvalue weighted by atomic mass is 35.5. The number of ether oxygens (including phenoxy) is 1. The molecule has 0 aromatic heterocycles. The van der Waals surface area contributed by atoms with Gasteiger partial charge in [-0.15, -0.1) is 0 Å². The third-order valence-corrected chi connectivity index (χ3v) is 5.39. The molecule has 0 aliphatic carbocycles. The van der Waals surface area contributed by atoms with Crippen LogP contribution in [0.25, 0.3) is 0 Å². The highest BCUT2D eigenvalue weighted by Crippen LogP contribution is 2.30. The SMILES string of the molecule is CC(=O)c1ccc(OCCCC(=O)Nc2cc(Cl)ccc2N2CCN(C)CC2)cc1. The summed E-state index contributed by atoms with van der Waals surface area (Å²) in [6.07, 6.45) is 0.935. The average molecular weight is 430 g/mol. The van der Waals surface area contributed by atoms with Gasteiger partial charge in [0.2, 0.25) is 5.91 Å². The third-order valence-electron chi connectivity index (χ3n) is 5.15. The van der Waals surface area contributed by atoms with E-state index in [1.807, 2.05) is 12.1 Å². The molecule has 2 aromatic carbocycles. The molecule has 1 amide bonds. The standard InChI is InChI=1S/C23H28ClN3O3/c1-17(28)18-5-8-20(9-6-18)30-15-3-4-23(29)25-21-16-19(24)7-10-22(21)27-13-11-26(2)12-14-27/h5-10,16H,3-4,11-15H2,1-2H3,(H,25,29). The predicted octanol–water partition coefficient (Wildman–Crippen LogP) is 4.09. The maximum atomic E-state index is 12.5. The summed E-state index contributed by atoms with van der Waals surface area (Å²) < 4.78 is 5.66. The zero-order valence-electron chi connectivity index (χ0n) is 17.5. The fourth-order valence-electron chi connectivity index (χ4n) is 3.35. The van der Waals surface area contributed by atoms with Crippen LogP contribution in [0, 0.1) is 0 Å². The first kappa shape index (κ1) is 22.1. The van der Waals surface area contributed by atoms with E-state index in [2.05, 4.69) is 22.2 Å². The maximum absolute atomic E-state index is 12.5. The van der Waals surface area contributed by atoms with Gasteiger partial charge in [0.1, 0.15) is 5.75 Å². The van der Waals surface area contributed by atoms with Crippen molar-refractivity contribution in [3.05, 3.63) is 53.1 Å². The van der Waals surface area contributed by atoms with Crippen molar-refractivity contribution in [3.63, 3.8) is 0 Å². The van der Waals surface area contributed by atoms with E-state index >= 15 is 0 Å². The van der Waals surface area contributed by atoms with E-state index < -0.39 is 0 Å². The van der Waals surface area contributed by atoms with Gasteiger partial charge in [0.25, 0.3) is 0 Å². The Kier molecular flexibility index (Phi) is 7.71. The topological polar surface area (TPSA) is 61.9 Å². The number of nitrogens with one attached hydrogen (secondary N) is 1. The van der Waals surface area contributed by atoms with Gasteiger partial charge in [-0.2, -0.15) is 0 Å². The van der Waals surface area contributed by atoms with Gasteiger partial charge in [-0.05, 0) is 62.9 Å². The molecular formula is C23H28ClN3O3. The van der Waals surface area contributed by atoms with Gasteiger partial charge >= 0.3 is 0 Å². The molecule has 30 heavy (non-hydrogen) atoms. The van der Waals surface area contributed by atoms with Crippen molar-refractivity contribution in [2.45, 2.75) is 19.8 Å². The minimum absolute atomic E-state index is 0.0233. The number of nitrogens with zero attached hydrogens (tertiary/aromatic N) is 2. The first-order valence-corrected chi connectivity index (χ1v) is 10.6. The van der Waals surface area contributed by atoms with E-state index in [1.165, 1.54) is 6.92 Å². The van der Waals surface area contributed by atoms with Crippen LogP contribution in [0.3, 0.4) is 0 Å². The molecule has 2 aromatic rings. The molecule has 1 N–H and O–H groups in total. The van der Waals surface area contributed by atoms with Gasteiger partial charge in [0.05, 0.1) is 18.0 Å². The van der Waals surface area contributed by atoms with Gasteiger partial charge in [-0.25, -0.2) is 0 Å². The molecule has 0 atom stereocenters. The van der Waals surface area contributed by atoms with Crippen LogP contribution < -0.4 is 15.0 Å². The second-order valence-corrected chi connectivity index (χ2v) is 7.97. The van der Waals surface area contributed by atoms with E-state index in [0.717, 1.165) is 37.6 Å². The Bertz CT molecular complexity index is 878. The van der Waals surface area contributed by atoms with E-state index in [-0.39, 0.29) is 11.7 Å². The summed E-state index contributed by atoms with van der Waals surface area (Å²) in [5, 5.41) is 3.60. The quantitative estimate of drug-likeness (QED) is 0.505.